The van der Waals surface area contributed by atoms with Crippen LogP contribution in [-0.4, -0.2) is 29.1 Å². The summed E-state index contributed by atoms with van der Waals surface area (Å²) in [6, 6.07) is 0. The van der Waals surface area contributed by atoms with Crippen LogP contribution in [0.1, 0.15) is 83.5 Å². The molecule has 154 valence electrons. The minimum Gasteiger partial charge on any atom is -0.477 e. The van der Waals surface area contributed by atoms with Crippen molar-refractivity contribution in [1.29, 1.82) is 0 Å². The third-order valence-electron chi connectivity index (χ3n) is 6.96. The fourth-order valence-electron chi connectivity index (χ4n) is 5.65. The van der Waals surface area contributed by atoms with E-state index < -0.39 is 29.9 Å². The third kappa shape index (κ3) is 5.20. The van der Waals surface area contributed by atoms with Crippen LogP contribution < -0.4 is 0 Å². The predicted octanol–water partition coefficient (Wildman–Crippen LogP) is 5.20. The smallest absolute Gasteiger partial charge is 0.378 e. The Morgan fingerprint density at radius 1 is 0.963 bits per heavy atom. The van der Waals surface area contributed by atoms with Gasteiger partial charge in [-0.25, -0.2) is 4.79 Å². The lowest BCUT2D eigenvalue weighted by molar-refractivity contribution is -0.202. The molecule has 3 aliphatic rings. The minimum atomic E-state index is -4.03. The van der Waals surface area contributed by atoms with E-state index in [1.165, 1.54) is 25.7 Å². The van der Waals surface area contributed by atoms with E-state index >= 15 is 0 Å². The maximum absolute atomic E-state index is 14.2. The van der Waals surface area contributed by atoms with Gasteiger partial charge in [0.15, 0.2) is 6.10 Å². The number of ether oxygens (including phenoxy) is 1. The average molecular weight is 386 g/mol. The quantitative estimate of drug-likeness (QED) is 0.611. The molecular formula is C21H32F2O4. The number of carbonyl (C=O) groups excluding carboxylic acids is 1. The first kappa shape index (κ1) is 20.5. The van der Waals surface area contributed by atoms with Gasteiger partial charge in [0.05, 0.1) is 0 Å². The van der Waals surface area contributed by atoms with Crippen molar-refractivity contribution in [3.05, 3.63) is 0 Å². The number of carboxylic acids is 1. The molecule has 4 nitrogen and oxygen atoms in total. The Morgan fingerprint density at radius 2 is 1.59 bits per heavy atom. The van der Waals surface area contributed by atoms with Crippen LogP contribution in [0.15, 0.2) is 0 Å². The highest BCUT2D eigenvalue weighted by Crippen LogP contribution is 2.44. The van der Waals surface area contributed by atoms with Gasteiger partial charge in [0.2, 0.25) is 0 Å². The Kier molecular flexibility index (Phi) is 6.74. The molecule has 0 saturated heterocycles. The van der Waals surface area contributed by atoms with Gasteiger partial charge in [-0.2, -0.15) is 8.78 Å². The van der Waals surface area contributed by atoms with Crippen molar-refractivity contribution in [2.45, 2.75) is 95.5 Å². The summed E-state index contributed by atoms with van der Waals surface area (Å²) >= 11 is 0. The van der Waals surface area contributed by atoms with Crippen LogP contribution in [0.5, 0.6) is 0 Å². The second-order valence-corrected chi connectivity index (χ2v) is 9.01. The van der Waals surface area contributed by atoms with E-state index in [2.05, 4.69) is 0 Å². The molecule has 6 heteroatoms. The molecule has 3 saturated carbocycles. The van der Waals surface area contributed by atoms with E-state index in [4.69, 9.17) is 9.84 Å². The van der Waals surface area contributed by atoms with Crippen molar-refractivity contribution in [2.24, 2.45) is 23.7 Å². The number of alkyl halides is 2. The Labute approximate surface area is 160 Å². The molecule has 0 heterocycles. The maximum atomic E-state index is 14.2. The molecular weight excluding hydrogens is 354 g/mol. The number of rotatable bonds is 7. The van der Waals surface area contributed by atoms with E-state index in [9.17, 15) is 18.4 Å². The monoisotopic (exact) mass is 386 g/mol. The Balaban J connectivity index is 1.54. The van der Waals surface area contributed by atoms with Gasteiger partial charge >= 0.3 is 17.9 Å². The Bertz CT molecular complexity index is 518. The lowest BCUT2D eigenvalue weighted by Gasteiger charge is -2.39. The molecule has 3 atom stereocenters. The number of carboxylic acid groups (broad SMARTS) is 1. The first-order valence-corrected chi connectivity index (χ1v) is 10.7. The van der Waals surface area contributed by atoms with Gasteiger partial charge in [-0.3, -0.25) is 4.79 Å². The zero-order chi connectivity index (χ0) is 19.4. The first-order valence-electron chi connectivity index (χ1n) is 10.7. The van der Waals surface area contributed by atoms with E-state index in [1.807, 2.05) is 0 Å². The topological polar surface area (TPSA) is 63.6 Å². The zero-order valence-electron chi connectivity index (χ0n) is 16.0. The molecule has 0 spiro atoms. The molecule has 2 bridgehead atoms. The van der Waals surface area contributed by atoms with Gasteiger partial charge in [0, 0.05) is 12.3 Å². The summed E-state index contributed by atoms with van der Waals surface area (Å²) in [5.74, 6) is -5.49. The molecule has 0 aromatic carbocycles. The number of aliphatic carboxylic acids is 1. The fraction of sp³-hybridized carbons (Fsp3) is 0.905. The normalized spacial score (nSPS) is 30.5. The number of carbonyl (C=O) groups is 2. The van der Waals surface area contributed by atoms with E-state index in [0.29, 0.717) is 25.2 Å². The minimum absolute atomic E-state index is 0.114. The van der Waals surface area contributed by atoms with Crippen molar-refractivity contribution in [1.82, 2.24) is 0 Å². The number of halogens is 2. The molecule has 3 rings (SSSR count). The van der Waals surface area contributed by atoms with Gasteiger partial charge in [0.25, 0.3) is 0 Å². The van der Waals surface area contributed by atoms with Crippen molar-refractivity contribution in [3.8, 4) is 0 Å². The van der Waals surface area contributed by atoms with Crippen molar-refractivity contribution >= 4 is 11.9 Å². The molecule has 0 aromatic heterocycles. The Morgan fingerprint density at radius 3 is 2.19 bits per heavy atom. The van der Waals surface area contributed by atoms with Crippen molar-refractivity contribution in [3.63, 3.8) is 0 Å². The van der Waals surface area contributed by atoms with Crippen LogP contribution in [-0.2, 0) is 14.3 Å². The van der Waals surface area contributed by atoms with Crippen molar-refractivity contribution in [2.75, 3.05) is 0 Å². The summed E-state index contributed by atoms with van der Waals surface area (Å²) in [7, 11) is 0. The molecule has 3 fully saturated rings. The summed E-state index contributed by atoms with van der Waals surface area (Å²) < 4.78 is 33.6. The molecule has 0 radical (unpaired) electrons. The standard InChI is InChI=1S/C21H32F2O4/c22-21(23,20(25)26)19(17-7-2-1-3-8-17)27-18(24)10-9-16-12-14-5-4-6-15(11-14)13-16/h14-17,19H,1-13H2,(H,25,26). The molecule has 0 aliphatic heterocycles. The predicted molar refractivity (Wildman–Crippen MR) is 96.4 cm³/mol. The highest BCUT2D eigenvalue weighted by molar-refractivity contribution is 5.77. The molecule has 1 N–H and O–H groups in total. The van der Waals surface area contributed by atoms with Crippen molar-refractivity contribution < 1.29 is 28.2 Å². The van der Waals surface area contributed by atoms with Crippen LogP contribution in [0.2, 0.25) is 0 Å². The summed E-state index contributed by atoms with van der Waals surface area (Å²) in [6.45, 7) is 0. The van der Waals surface area contributed by atoms with Crippen LogP contribution in [0.25, 0.3) is 0 Å². The third-order valence-corrected chi connectivity index (χ3v) is 6.96. The molecule has 0 aromatic rings. The number of hydrogen-bond donors (Lipinski definition) is 1. The van der Waals surface area contributed by atoms with Gasteiger partial charge in [-0.15, -0.1) is 0 Å². The first-order chi connectivity index (χ1) is 12.9. The second-order valence-electron chi connectivity index (χ2n) is 9.01. The van der Waals surface area contributed by atoms with Crippen LogP contribution >= 0.6 is 0 Å². The molecule has 27 heavy (non-hydrogen) atoms. The maximum Gasteiger partial charge on any atom is 0.378 e. The zero-order valence-corrected chi connectivity index (χ0v) is 16.0. The SMILES string of the molecule is O=C(CCC1CC2CCCC(C2)C1)OC(C1CCCCC1)C(F)(F)C(=O)O. The van der Waals surface area contributed by atoms with E-state index in [1.54, 1.807) is 0 Å². The summed E-state index contributed by atoms with van der Waals surface area (Å²) in [5.41, 5.74) is 0. The summed E-state index contributed by atoms with van der Waals surface area (Å²) in [5, 5.41) is 8.94. The second kappa shape index (κ2) is 8.87. The van der Waals surface area contributed by atoms with Crippen LogP contribution in [0.4, 0.5) is 8.78 Å². The van der Waals surface area contributed by atoms with Gasteiger partial charge in [0.1, 0.15) is 0 Å². The van der Waals surface area contributed by atoms with Gasteiger partial charge in [-0.1, -0.05) is 38.5 Å². The lowest BCUT2D eigenvalue weighted by atomic mass is 9.67. The Hall–Kier alpha value is -1.20. The van der Waals surface area contributed by atoms with Gasteiger partial charge < -0.3 is 9.84 Å². The van der Waals surface area contributed by atoms with E-state index in [0.717, 1.165) is 43.9 Å². The average Bonchev–Trinajstić information content (AvgIpc) is 2.64. The number of hydrogen-bond acceptors (Lipinski definition) is 3. The largest absolute Gasteiger partial charge is 0.477 e. The summed E-state index contributed by atoms with van der Waals surface area (Å²) in [6.07, 6.45) is 9.84. The lowest BCUT2D eigenvalue weighted by Crippen LogP contribution is -2.48. The van der Waals surface area contributed by atoms with Gasteiger partial charge in [-0.05, 0) is 56.3 Å². The molecule has 0 amide bonds. The molecule has 3 unspecified atom stereocenters. The number of fused-ring (bicyclic) bond motifs is 2. The molecule has 3 aliphatic carbocycles. The van der Waals surface area contributed by atoms with E-state index in [-0.39, 0.29) is 6.42 Å². The fourth-order valence-corrected chi connectivity index (χ4v) is 5.65. The highest BCUT2D eigenvalue weighted by Gasteiger charge is 2.53. The van der Waals surface area contributed by atoms with Crippen LogP contribution in [0, 0.1) is 23.7 Å². The highest BCUT2D eigenvalue weighted by atomic mass is 19.3. The van der Waals surface area contributed by atoms with Crippen LogP contribution in [0.3, 0.4) is 0 Å². The number of esters is 1. The summed E-state index contributed by atoms with van der Waals surface area (Å²) in [4.78, 5) is 23.4.